The molecule has 0 radical (unpaired) electrons. The van der Waals surface area contributed by atoms with Crippen molar-refractivity contribution in [3.63, 3.8) is 0 Å². The molecule has 2 fully saturated rings. The molecule has 3 rings (SSSR count). The van der Waals surface area contributed by atoms with Gasteiger partial charge in [-0.05, 0) is 68.7 Å². The van der Waals surface area contributed by atoms with Crippen molar-refractivity contribution in [3.05, 3.63) is 23.8 Å². The van der Waals surface area contributed by atoms with Gasteiger partial charge in [-0.25, -0.2) is 0 Å². The third-order valence-corrected chi connectivity index (χ3v) is 4.99. The van der Waals surface area contributed by atoms with Crippen LogP contribution < -0.4 is 15.4 Å². The molecular formula is C19H28N2O2. The van der Waals surface area contributed by atoms with Gasteiger partial charge in [-0.2, -0.15) is 0 Å². The maximum atomic E-state index is 12.4. The number of piperidine rings is 1. The first-order valence-corrected chi connectivity index (χ1v) is 8.93. The Kier molecular flexibility index (Phi) is 5.21. The number of ether oxygens (including phenoxy) is 1. The normalized spacial score (nSPS) is 26.1. The smallest absolute Gasteiger partial charge is 0.224 e. The van der Waals surface area contributed by atoms with Gasteiger partial charge in [0.2, 0.25) is 5.91 Å². The highest BCUT2D eigenvalue weighted by atomic mass is 16.5. The van der Waals surface area contributed by atoms with Crippen molar-refractivity contribution < 1.29 is 9.53 Å². The molecule has 2 unspecified atom stereocenters. The van der Waals surface area contributed by atoms with E-state index < -0.39 is 0 Å². The zero-order valence-corrected chi connectivity index (χ0v) is 14.2. The van der Waals surface area contributed by atoms with Crippen molar-refractivity contribution in [2.75, 3.05) is 11.9 Å². The molecule has 126 valence electrons. The molecule has 1 aromatic rings. The SMILES string of the molecule is CCCOc1ccc(NC(=O)CC2CC3CCC(C2)N3)c(C)c1. The van der Waals surface area contributed by atoms with E-state index in [-0.39, 0.29) is 5.91 Å². The van der Waals surface area contributed by atoms with Gasteiger partial charge in [0.05, 0.1) is 6.61 Å². The summed E-state index contributed by atoms with van der Waals surface area (Å²) in [6.45, 7) is 4.83. The Morgan fingerprint density at radius 1 is 1.30 bits per heavy atom. The minimum absolute atomic E-state index is 0.140. The molecule has 1 amide bonds. The number of anilines is 1. The van der Waals surface area contributed by atoms with Gasteiger partial charge in [0.15, 0.2) is 0 Å². The van der Waals surface area contributed by atoms with Gasteiger partial charge in [-0.1, -0.05) is 6.92 Å². The summed E-state index contributed by atoms with van der Waals surface area (Å²) in [6.07, 6.45) is 6.49. The van der Waals surface area contributed by atoms with Crippen molar-refractivity contribution in [2.45, 2.75) is 64.5 Å². The van der Waals surface area contributed by atoms with Gasteiger partial charge >= 0.3 is 0 Å². The van der Waals surface area contributed by atoms with Crippen LogP contribution in [0.3, 0.4) is 0 Å². The van der Waals surface area contributed by atoms with Gasteiger partial charge < -0.3 is 15.4 Å². The second-order valence-corrected chi connectivity index (χ2v) is 7.05. The van der Waals surface area contributed by atoms with E-state index >= 15 is 0 Å². The molecule has 23 heavy (non-hydrogen) atoms. The van der Waals surface area contributed by atoms with Crippen molar-refractivity contribution in [3.8, 4) is 5.75 Å². The number of amides is 1. The van der Waals surface area contributed by atoms with Crippen LogP contribution >= 0.6 is 0 Å². The zero-order valence-electron chi connectivity index (χ0n) is 14.2. The van der Waals surface area contributed by atoms with Crippen LogP contribution in [0.25, 0.3) is 0 Å². The number of hydrogen-bond donors (Lipinski definition) is 2. The van der Waals surface area contributed by atoms with Crippen molar-refractivity contribution >= 4 is 11.6 Å². The van der Waals surface area contributed by atoms with E-state index in [1.165, 1.54) is 12.8 Å². The fourth-order valence-corrected chi connectivity index (χ4v) is 3.89. The summed E-state index contributed by atoms with van der Waals surface area (Å²) < 4.78 is 5.63. The van der Waals surface area contributed by atoms with E-state index in [1.807, 2.05) is 25.1 Å². The van der Waals surface area contributed by atoms with E-state index in [2.05, 4.69) is 17.6 Å². The number of carbonyl (C=O) groups excluding carboxylic acids is 1. The van der Waals surface area contributed by atoms with E-state index in [9.17, 15) is 4.79 Å². The maximum absolute atomic E-state index is 12.4. The van der Waals surface area contributed by atoms with Crippen LogP contribution in [0.2, 0.25) is 0 Å². The van der Waals surface area contributed by atoms with E-state index in [0.717, 1.165) is 42.9 Å². The largest absolute Gasteiger partial charge is 0.494 e. The van der Waals surface area contributed by atoms with Gasteiger partial charge in [0.25, 0.3) is 0 Å². The van der Waals surface area contributed by atoms with Crippen LogP contribution in [0.1, 0.15) is 51.0 Å². The molecule has 4 heteroatoms. The first-order valence-electron chi connectivity index (χ1n) is 8.93. The van der Waals surface area contributed by atoms with Crippen molar-refractivity contribution in [1.82, 2.24) is 5.32 Å². The number of aryl methyl sites for hydroxylation is 1. The standard InChI is InChI=1S/C19H28N2O2/c1-3-8-23-17-6-7-18(13(2)9-17)21-19(22)12-14-10-15-4-5-16(11-14)20-15/h6-7,9,14-16,20H,3-5,8,10-12H2,1-2H3,(H,21,22). The Bertz CT molecular complexity index is 546. The minimum Gasteiger partial charge on any atom is -0.494 e. The molecule has 4 nitrogen and oxygen atoms in total. The van der Waals surface area contributed by atoms with Gasteiger partial charge in [0.1, 0.15) is 5.75 Å². The Hall–Kier alpha value is -1.55. The highest BCUT2D eigenvalue weighted by Crippen LogP contribution is 2.33. The summed E-state index contributed by atoms with van der Waals surface area (Å²) in [4.78, 5) is 12.4. The molecule has 0 aliphatic carbocycles. The van der Waals surface area contributed by atoms with Crippen LogP contribution in [-0.2, 0) is 4.79 Å². The highest BCUT2D eigenvalue weighted by Gasteiger charge is 2.34. The fourth-order valence-electron chi connectivity index (χ4n) is 3.89. The molecule has 0 aromatic heterocycles. The second kappa shape index (κ2) is 7.35. The third-order valence-electron chi connectivity index (χ3n) is 4.99. The number of nitrogens with one attached hydrogen (secondary N) is 2. The highest BCUT2D eigenvalue weighted by molar-refractivity contribution is 5.91. The maximum Gasteiger partial charge on any atom is 0.224 e. The predicted octanol–water partition coefficient (Wildman–Crippen LogP) is 3.64. The second-order valence-electron chi connectivity index (χ2n) is 7.05. The number of hydrogen-bond acceptors (Lipinski definition) is 3. The molecule has 0 spiro atoms. The van der Waals surface area contributed by atoms with Gasteiger partial charge in [-0.15, -0.1) is 0 Å². The quantitative estimate of drug-likeness (QED) is 0.842. The number of fused-ring (bicyclic) bond motifs is 2. The third kappa shape index (κ3) is 4.25. The van der Waals surface area contributed by atoms with Crippen LogP contribution in [0, 0.1) is 12.8 Å². The zero-order chi connectivity index (χ0) is 16.2. The van der Waals surface area contributed by atoms with Gasteiger partial charge in [0, 0.05) is 24.2 Å². The van der Waals surface area contributed by atoms with E-state index in [0.29, 0.717) is 24.4 Å². The number of benzene rings is 1. The fraction of sp³-hybridized carbons (Fsp3) is 0.632. The molecule has 2 N–H and O–H groups in total. The molecule has 2 aliphatic rings. The Morgan fingerprint density at radius 3 is 2.70 bits per heavy atom. The average Bonchev–Trinajstić information content (AvgIpc) is 2.86. The summed E-state index contributed by atoms with van der Waals surface area (Å²) >= 11 is 0. The van der Waals surface area contributed by atoms with Crippen LogP contribution in [0.4, 0.5) is 5.69 Å². The number of rotatable bonds is 6. The predicted molar refractivity (Wildman–Crippen MR) is 92.9 cm³/mol. The number of carbonyl (C=O) groups is 1. The van der Waals surface area contributed by atoms with E-state index in [1.54, 1.807) is 0 Å². The molecule has 0 saturated carbocycles. The Balaban J connectivity index is 1.53. The Morgan fingerprint density at radius 2 is 2.04 bits per heavy atom. The summed E-state index contributed by atoms with van der Waals surface area (Å²) in [5.41, 5.74) is 1.95. The Labute approximate surface area is 139 Å². The molecule has 2 bridgehead atoms. The van der Waals surface area contributed by atoms with Crippen LogP contribution in [0.5, 0.6) is 5.75 Å². The molecule has 2 atom stereocenters. The molecular weight excluding hydrogens is 288 g/mol. The summed E-state index contributed by atoms with van der Waals surface area (Å²) in [6, 6.07) is 7.16. The lowest BCUT2D eigenvalue weighted by Crippen LogP contribution is -2.39. The van der Waals surface area contributed by atoms with Crippen molar-refractivity contribution in [2.24, 2.45) is 5.92 Å². The first-order chi connectivity index (χ1) is 11.1. The van der Waals surface area contributed by atoms with Crippen LogP contribution in [-0.4, -0.2) is 24.6 Å². The summed E-state index contributed by atoms with van der Waals surface area (Å²) in [7, 11) is 0. The molecule has 2 saturated heterocycles. The molecule has 2 aliphatic heterocycles. The summed E-state index contributed by atoms with van der Waals surface area (Å²) in [5.74, 6) is 1.54. The lowest BCUT2D eigenvalue weighted by Gasteiger charge is -2.28. The van der Waals surface area contributed by atoms with Crippen molar-refractivity contribution in [1.29, 1.82) is 0 Å². The molecule has 2 heterocycles. The topological polar surface area (TPSA) is 50.4 Å². The van der Waals surface area contributed by atoms with Gasteiger partial charge in [-0.3, -0.25) is 4.79 Å². The monoisotopic (exact) mass is 316 g/mol. The van der Waals surface area contributed by atoms with Crippen LogP contribution in [0.15, 0.2) is 18.2 Å². The summed E-state index contributed by atoms with van der Waals surface area (Å²) in [5, 5.41) is 6.71. The lowest BCUT2D eigenvalue weighted by atomic mass is 9.89. The van der Waals surface area contributed by atoms with E-state index in [4.69, 9.17) is 4.74 Å². The molecule has 1 aromatic carbocycles. The average molecular weight is 316 g/mol. The minimum atomic E-state index is 0.140. The lowest BCUT2D eigenvalue weighted by molar-refractivity contribution is -0.117. The first kappa shape index (κ1) is 16.3.